The second-order valence-corrected chi connectivity index (χ2v) is 6.25. The number of carbonyl (C=O) groups is 1. The number of aliphatic hydroxyl groups excluding tert-OH is 1. The molecule has 1 unspecified atom stereocenters. The number of nitrogens with zero attached hydrogens (tertiary/aromatic N) is 2. The molecule has 0 aromatic carbocycles. The molecule has 2 aliphatic heterocycles. The van der Waals surface area contributed by atoms with Gasteiger partial charge in [-0.3, -0.25) is 0 Å². The standard InChI is InChI=1S/C16H30N2O4/c1-2-22-16(20)18-8-3-4-15(7-11-18)17-9-5-14(6-10-17)12-21-13-19/h14-15,19H,2-13H2,1H3. The minimum Gasteiger partial charge on any atom is -0.450 e. The highest BCUT2D eigenvalue weighted by atomic mass is 16.6. The van der Waals surface area contributed by atoms with Gasteiger partial charge in [-0.1, -0.05) is 0 Å². The molecule has 2 aliphatic rings. The first-order valence-electron chi connectivity index (χ1n) is 8.59. The lowest BCUT2D eigenvalue weighted by Gasteiger charge is -2.37. The molecule has 6 nitrogen and oxygen atoms in total. The number of piperidine rings is 1. The summed E-state index contributed by atoms with van der Waals surface area (Å²) in [5, 5.41) is 8.72. The van der Waals surface area contributed by atoms with Gasteiger partial charge in [-0.15, -0.1) is 0 Å². The second-order valence-electron chi connectivity index (χ2n) is 6.25. The Labute approximate surface area is 133 Å². The summed E-state index contributed by atoms with van der Waals surface area (Å²) < 4.78 is 10.2. The average Bonchev–Trinajstić information content (AvgIpc) is 2.80. The maximum atomic E-state index is 11.8. The third kappa shape index (κ3) is 5.11. The quantitative estimate of drug-likeness (QED) is 0.782. The summed E-state index contributed by atoms with van der Waals surface area (Å²) in [5.74, 6) is 0.574. The van der Waals surface area contributed by atoms with E-state index in [0.29, 0.717) is 25.2 Å². The summed E-state index contributed by atoms with van der Waals surface area (Å²) in [7, 11) is 0. The minimum atomic E-state index is -0.174. The molecule has 0 spiro atoms. The molecule has 0 bridgehead atoms. The van der Waals surface area contributed by atoms with E-state index in [1.807, 2.05) is 11.8 Å². The van der Waals surface area contributed by atoms with Crippen LogP contribution in [-0.4, -0.2) is 73.2 Å². The normalized spacial score (nSPS) is 25.0. The maximum absolute atomic E-state index is 11.8. The summed E-state index contributed by atoms with van der Waals surface area (Å²) in [5.41, 5.74) is 0. The van der Waals surface area contributed by atoms with Crippen molar-refractivity contribution < 1.29 is 19.4 Å². The highest BCUT2D eigenvalue weighted by molar-refractivity contribution is 5.67. The minimum absolute atomic E-state index is 0.164. The summed E-state index contributed by atoms with van der Waals surface area (Å²) in [6, 6.07) is 0.583. The number of likely N-dealkylation sites (tertiary alicyclic amines) is 2. The predicted molar refractivity (Wildman–Crippen MR) is 83.6 cm³/mol. The Balaban J connectivity index is 1.74. The van der Waals surface area contributed by atoms with Crippen LogP contribution in [0.5, 0.6) is 0 Å². The van der Waals surface area contributed by atoms with Crippen LogP contribution in [0.15, 0.2) is 0 Å². The first kappa shape index (κ1) is 17.5. The largest absolute Gasteiger partial charge is 0.450 e. The number of aliphatic hydroxyl groups is 1. The lowest BCUT2D eigenvalue weighted by Crippen LogP contribution is -2.42. The fraction of sp³-hybridized carbons (Fsp3) is 0.938. The average molecular weight is 314 g/mol. The zero-order valence-electron chi connectivity index (χ0n) is 13.7. The number of amides is 1. The zero-order valence-corrected chi connectivity index (χ0v) is 13.7. The molecular formula is C16H30N2O4. The first-order chi connectivity index (χ1) is 10.7. The molecule has 0 saturated carbocycles. The van der Waals surface area contributed by atoms with Crippen molar-refractivity contribution in [3.63, 3.8) is 0 Å². The molecule has 2 saturated heterocycles. The number of carbonyl (C=O) groups excluding carboxylic acids is 1. The Morgan fingerprint density at radius 2 is 1.91 bits per heavy atom. The number of hydrogen-bond acceptors (Lipinski definition) is 5. The highest BCUT2D eigenvalue weighted by Gasteiger charge is 2.28. The van der Waals surface area contributed by atoms with Gasteiger partial charge in [0.25, 0.3) is 0 Å². The van der Waals surface area contributed by atoms with Crippen LogP contribution in [0.1, 0.15) is 39.0 Å². The third-order valence-corrected chi connectivity index (χ3v) is 4.83. The summed E-state index contributed by atoms with van der Waals surface area (Å²) >= 11 is 0. The monoisotopic (exact) mass is 314 g/mol. The summed E-state index contributed by atoms with van der Waals surface area (Å²) in [6.07, 6.45) is 5.36. The second kappa shape index (κ2) is 9.33. The molecular weight excluding hydrogens is 284 g/mol. The van der Waals surface area contributed by atoms with E-state index in [0.717, 1.165) is 58.3 Å². The molecule has 2 rings (SSSR count). The summed E-state index contributed by atoms with van der Waals surface area (Å²) in [4.78, 5) is 16.3. The Hall–Kier alpha value is -0.850. The lowest BCUT2D eigenvalue weighted by molar-refractivity contribution is -0.0291. The molecule has 0 aromatic rings. The molecule has 128 valence electrons. The van der Waals surface area contributed by atoms with E-state index in [9.17, 15) is 4.79 Å². The van der Waals surface area contributed by atoms with Crippen LogP contribution in [0.4, 0.5) is 4.79 Å². The van der Waals surface area contributed by atoms with Crippen LogP contribution in [0.25, 0.3) is 0 Å². The van der Waals surface area contributed by atoms with Gasteiger partial charge in [-0.05, 0) is 58.0 Å². The fourth-order valence-electron chi connectivity index (χ4n) is 3.55. The van der Waals surface area contributed by atoms with E-state index < -0.39 is 0 Å². The summed E-state index contributed by atoms with van der Waals surface area (Å²) in [6.45, 7) is 6.61. The van der Waals surface area contributed by atoms with Crippen molar-refractivity contribution >= 4 is 6.09 Å². The van der Waals surface area contributed by atoms with E-state index >= 15 is 0 Å². The molecule has 0 aromatic heterocycles. The van der Waals surface area contributed by atoms with Gasteiger partial charge in [0, 0.05) is 19.1 Å². The van der Waals surface area contributed by atoms with E-state index in [2.05, 4.69) is 4.90 Å². The van der Waals surface area contributed by atoms with Crippen molar-refractivity contribution in [1.29, 1.82) is 0 Å². The molecule has 0 radical (unpaired) electrons. The fourth-order valence-corrected chi connectivity index (χ4v) is 3.55. The Kier molecular flexibility index (Phi) is 7.42. The molecule has 2 heterocycles. The molecule has 1 N–H and O–H groups in total. The highest BCUT2D eigenvalue weighted by Crippen LogP contribution is 2.24. The molecule has 22 heavy (non-hydrogen) atoms. The molecule has 0 aliphatic carbocycles. The molecule has 2 fully saturated rings. The predicted octanol–water partition coefficient (Wildman–Crippen LogP) is 1.68. The maximum Gasteiger partial charge on any atom is 0.409 e. The Bertz CT molecular complexity index is 332. The van der Waals surface area contributed by atoms with Gasteiger partial charge in [0.05, 0.1) is 13.2 Å². The van der Waals surface area contributed by atoms with Gasteiger partial charge in [-0.25, -0.2) is 4.79 Å². The van der Waals surface area contributed by atoms with Crippen molar-refractivity contribution in [1.82, 2.24) is 9.80 Å². The zero-order chi connectivity index (χ0) is 15.8. The third-order valence-electron chi connectivity index (χ3n) is 4.83. The molecule has 1 amide bonds. The van der Waals surface area contributed by atoms with Crippen molar-refractivity contribution in [2.45, 2.75) is 45.1 Å². The van der Waals surface area contributed by atoms with Gasteiger partial charge in [0.1, 0.15) is 6.79 Å². The van der Waals surface area contributed by atoms with Gasteiger partial charge in [0.2, 0.25) is 0 Å². The van der Waals surface area contributed by atoms with Gasteiger partial charge in [0.15, 0.2) is 0 Å². The van der Waals surface area contributed by atoms with Crippen molar-refractivity contribution in [2.75, 3.05) is 46.2 Å². The Morgan fingerprint density at radius 1 is 1.14 bits per heavy atom. The van der Waals surface area contributed by atoms with Crippen LogP contribution in [0.3, 0.4) is 0 Å². The van der Waals surface area contributed by atoms with E-state index in [-0.39, 0.29) is 12.9 Å². The topological polar surface area (TPSA) is 62.2 Å². The molecule has 1 atom stereocenters. The van der Waals surface area contributed by atoms with Crippen molar-refractivity contribution in [2.24, 2.45) is 5.92 Å². The van der Waals surface area contributed by atoms with E-state index in [1.54, 1.807) is 0 Å². The van der Waals surface area contributed by atoms with Crippen LogP contribution >= 0.6 is 0 Å². The number of ether oxygens (including phenoxy) is 2. The SMILES string of the molecule is CCOC(=O)N1CCCC(N2CCC(COCO)CC2)CC1. The van der Waals surface area contributed by atoms with Crippen LogP contribution in [0.2, 0.25) is 0 Å². The van der Waals surface area contributed by atoms with Crippen LogP contribution in [-0.2, 0) is 9.47 Å². The van der Waals surface area contributed by atoms with Crippen molar-refractivity contribution in [3.8, 4) is 0 Å². The Morgan fingerprint density at radius 3 is 2.59 bits per heavy atom. The van der Waals surface area contributed by atoms with Crippen molar-refractivity contribution in [3.05, 3.63) is 0 Å². The van der Waals surface area contributed by atoms with Crippen LogP contribution < -0.4 is 0 Å². The van der Waals surface area contributed by atoms with Gasteiger partial charge < -0.3 is 24.4 Å². The lowest BCUT2D eigenvalue weighted by atomic mass is 9.95. The number of rotatable bonds is 5. The van der Waals surface area contributed by atoms with Gasteiger partial charge >= 0.3 is 6.09 Å². The number of hydrogen-bond donors (Lipinski definition) is 1. The van der Waals surface area contributed by atoms with E-state index in [1.165, 1.54) is 0 Å². The van der Waals surface area contributed by atoms with Crippen LogP contribution in [0, 0.1) is 5.92 Å². The smallest absolute Gasteiger partial charge is 0.409 e. The molecule has 6 heteroatoms. The van der Waals surface area contributed by atoms with E-state index in [4.69, 9.17) is 14.6 Å². The van der Waals surface area contributed by atoms with Gasteiger partial charge in [-0.2, -0.15) is 0 Å². The first-order valence-corrected chi connectivity index (χ1v) is 8.59.